The van der Waals surface area contributed by atoms with Crippen LogP contribution < -0.4 is 0 Å². The molecule has 0 unspecified atom stereocenters. The minimum Gasteiger partial charge on any atom is -0.309 e. The van der Waals surface area contributed by atoms with Crippen LogP contribution in [-0.2, 0) is 16.2 Å². The van der Waals surface area contributed by atoms with E-state index in [-0.39, 0.29) is 5.41 Å². The fourth-order valence-electron chi connectivity index (χ4n) is 10.0. The highest BCUT2D eigenvalue weighted by Crippen LogP contribution is 2.49. The van der Waals surface area contributed by atoms with E-state index in [4.69, 9.17) is 0 Å². The summed E-state index contributed by atoms with van der Waals surface area (Å²) in [4.78, 5) is 0. The Bertz CT molecular complexity index is 2670. The van der Waals surface area contributed by atoms with Crippen LogP contribution in [0.2, 0.25) is 0 Å². The molecule has 61 heavy (non-hydrogen) atoms. The predicted octanol–water partition coefficient (Wildman–Crippen LogP) is 14.8. The number of nitrogens with zero attached hydrogens (tertiary/aromatic N) is 1. The second-order valence-corrected chi connectivity index (χ2v) is 17.3. The van der Waals surface area contributed by atoms with E-state index in [1.165, 1.54) is 71.9 Å². The molecule has 10 rings (SSSR count). The van der Waals surface area contributed by atoms with Gasteiger partial charge in [0.15, 0.2) is 0 Å². The summed E-state index contributed by atoms with van der Waals surface area (Å²) in [5.74, 6) is 0. The summed E-state index contributed by atoms with van der Waals surface area (Å²) < 4.78 is 2.47. The molecule has 1 heterocycles. The molecule has 0 radical (unpaired) electrons. The molecule has 0 saturated heterocycles. The van der Waals surface area contributed by atoms with Gasteiger partial charge in [0.25, 0.3) is 0 Å². The second kappa shape index (κ2) is 15.4. The molecule has 0 aliphatic carbocycles. The highest BCUT2D eigenvalue weighted by molar-refractivity contribution is 6.10. The molecule has 0 aliphatic heterocycles. The van der Waals surface area contributed by atoms with Crippen LogP contribution >= 0.6 is 0 Å². The van der Waals surface area contributed by atoms with Crippen molar-refractivity contribution in [3.05, 3.63) is 293 Å². The predicted molar refractivity (Wildman–Crippen MR) is 256 cm³/mol. The lowest BCUT2D eigenvalue weighted by molar-refractivity contribution is 0.590. The molecular weight excluding hydrogens is 735 g/mol. The van der Waals surface area contributed by atoms with E-state index < -0.39 is 10.8 Å². The van der Waals surface area contributed by atoms with Gasteiger partial charge in [-0.3, -0.25) is 0 Å². The van der Waals surface area contributed by atoms with Crippen LogP contribution in [0, 0.1) is 0 Å². The molecular formula is C60H49N. The maximum absolute atomic E-state index is 2.49. The van der Waals surface area contributed by atoms with E-state index in [1.807, 2.05) is 0 Å². The van der Waals surface area contributed by atoms with E-state index in [1.54, 1.807) is 0 Å². The lowest BCUT2D eigenvalue weighted by atomic mass is 9.64. The first kappa shape index (κ1) is 38.0. The Morgan fingerprint density at radius 2 is 0.525 bits per heavy atom. The van der Waals surface area contributed by atoms with Gasteiger partial charge in [-0.25, -0.2) is 0 Å². The third-order valence-corrected chi connectivity index (χ3v) is 12.9. The first-order valence-corrected chi connectivity index (χ1v) is 21.4. The Labute approximate surface area is 360 Å². The van der Waals surface area contributed by atoms with E-state index in [0.29, 0.717) is 0 Å². The molecule has 0 bridgehead atoms. The molecule has 9 aromatic carbocycles. The summed E-state index contributed by atoms with van der Waals surface area (Å²) >= 11 is 0. The van der Waals surface area contributed by atoms with Crippen LogP contribution in [0.1, 0.15) is 70.8 Å². The van der Waals surface area contributed by atoms with E-state index in [2.05, 4.69) is 268 Å². The molecule has 1 nitrogen and oxygen atoms in total. The van der Waals surface area contributed by atoms with Gasteiger partial charge in [0.1, 0.15) is 0 Å². The molecule has 1 aromatic heterocycles. The molecule has 294 valence electrons. The van der Waals surface area contributed by atoms with Crippen molar-refractivity contribution in [3.8, 4) is 5.69 Å². The van der Waals surface area contributed by atoms with Gasteiger partial charge in [-0.1, -0.05) is 227 Å². The third-order valence-electron chi connectivity index (χ3n) is 12.9. The van der Waals surface area contributed by atoms with Crippen molar-refractivity contribution < 1.29 is 0 Å². The molecule has 0 spiro atoms. The Kier molecular flexibility index (Phi) is 9.61. The average molecular weight is 784 g/mol. The molecule has 0 atom stereocenters. The topological polar surface area (TPSA) is 4.93 Å². The maximum Gasteiger partial charge on any atom is 0.0701 e. The fraction of sp³-hybridized carbons (Fsp3) is 0.100. The van der Waals surface area contributed by atoms with Crippen molar-refractivity contribution in [3.63, 3.8) is 0 Å². The standard InChI is InChI=1S/C60H49N/c1-58(2,3)44-34-38-53(39-35-44)61-56-40-36-51(59(45-22-10-4-11-23-45,46-24-12-5-13-25-46)47-26-14-6-15-27-47)42-54(56)55-43-52(37-41-57(55)61)60(48-28-16-7-17-29-48,49-30-18-8-19-31-49)50-32-20-9-21-33-50/h4-43H,1-3H3. The van der Waals surface area contributed by atoms with Crippen LogP contribution in [0.4, 0.5) is 0 Å². The molecule has 1 heteroatoms. The van der Waals surface area contributed by atoms with Gasteiger partial charge in [0.2, 0.25) is 0 Å². The number of aromatic nitrogens is 1. The van der Waals surface area contributed by atoms with E-state index in [9.17, 15) is 0 Å². The minimum absolute atomic E-state index is 0.0500. The Morgan fingerprint density at radius 1 is 0.262 bits per heavy atom. The van der Waals surface area contributed by atoms with Crippen molar-refractivity contribution in [2.75, 3.05) is 0 Å². The number of benzene rings is 9. The number of rotatable bonds is 9. The van der Waals surface area contributed by atoms with E-state index >= 15 is 0 Å². The zero-order chi connectivity index (χ0) is 41.4. The molecule has 0 amide bonds. The van der Waals surface area contributed by atoms with Crippen molar-refractivity contribution in [2.45, 2.75) is 37.0 Å². The fourth-order valence-corrected chi connectivity index (χ4v) is 10.0. The van der Waals surface area contributed by atoms with Crippen molar-refractivity contribution >= 4 is 21.8 Å². The number of hydrogen-bond donors (Lipinski definition) is 0. The third kappa shape index (κ3) is 6.32. The zero-order valence-corrected chi connectivity index (χ0v) is 35.0. The van der Waals surface area contributed by atoms with Gasteiger partial charge in [0, 0.05) is 16.5 Å². The summed E-state index contributed by atoms with van der Waals surface area (Å²) in [5.41, 5.74) is 13.5. The molecule has 0 saturated carbocycles. The zero-order valence-electron chi connectivity index (χ0n) is 35.0. The van der Waals surface area contributed by atoms with E-state index in [0.717, 1.165) is 5.69 Å². The van der Waals surface area contributed by atoms with Crippen molar-refractivity contribution in [1.29, 1.82) is 0 Å². The summed E-state index contributed by atoms with van der Waals surface area (Å²) in [6.45, 7) is 6.84. The van der Waals surface area contributed by atoms with Crippen LogP contribution in [0.25, 0.3) is 27.5 Å². The maximum atomic E-state index is 2.49. The Balaban J connectivity index is 1.33. The van der Waals surface area contributed by atoms with Gasteiger partial charge in [0.05, 0.1) is 21.9 Å². The van der Waals surface area contributed by atoms with Gasteiger partial charge in [-0.05, 0) is 91.9 Å². The highest BCUT2D eigenvalue weighted by atomic mass is 15.0. The lowest BCUT2D eigenvalue weighted by Gasteiger charge is -2.37. The van der Waals surface area contributed by atoms with Gasteiger partial charge < -0.3 is 4.57 Å². The highest BCUT2D eigenvalue weighted by Gasteiger charge is 2.40. The quantitative estimate of drug-likeness (QED) is 0.129. The Morgan fingerprint density at radius 3 is 0.787 bits per heavy atom. The SMILES string of the molecule is CC(C)(C)c1ccc(-n2c3ccc(C(c4ccccc4)(c4ccccc4)c4ccccc4)cc3c3cc(C(c4ccccc4)(c4ccccc4)c4ccccc4)ccc32)cc1. The molecule has 0 fully saturated rings. The summed E-state index contributed by atoms with van der Waals surface area (Å²) in [5, 5.41) is 2.43. The summed E-state index contributed by atoms with van der Waals surface area (Å²) in [6.07, 6.45) is 0. The Hall–Kier alpha value is -7.22. The van der Waals surface area contributed by atoms with Crippen molar-refractivity contribution in [1.82, 2.24) is 4.57 Å². The molecule has 0 aliphatic rings. The van der Waals surface area contributed by atoms with Crippen molar-refractivity contribution in [2.24, 2.45) is 0 Å². The first-order valence-electron chi connectivity index (χ1n) is 21.4. The lowest BCUT2D eigenvalue weighted by Crippen LogP contribution is -2.31. The smallest absolute Gasteiger partial charge is 0.0701 e. The van der Waals surface area contributed by atoms with Crippen LogP contribution in [0.15, 0.2) is 243 Å². The second-order valence-electron chi connectivity index (χ2n) is 17.3. The average Bonchev–Trinajstić information content (AvgIpc) is 3.65. The van der Waals surface area contributed by atoms with Gasteiger partial charge in [-0.2, -0.15) is 0 Å². The van der Waals surface area contributed by atoms with Crippen LogP contribution in [0.5, 0.6) is 0 Å². The number of fused-ring (bicyclic) bond motifs is 3. The summed E-state index contributed by atoms with van der Waals surface area (Å²) in [6, 6.07) is 89.9. The molecule has 10 aromatic rings. The van der Waals surface area contributed by atoms with Gasteiger partial charge in [-0.15, -0.1) is 0 Å². The minimum atomic E-state index is -0.583. The largest absolute Gasteiger partial charge is 0.309 e. The summed E-state index contributed by atoms with van der Waals surface area (Å²) in [7, 11) is 0. The van der Waals surface area contributed by atoms with Gasteiger partial charge >= 0.3 is 0 Å². The molecule has 0 N–H and O–H groups in total. The first-order chi connectivity index (χ1) is 29.9. The van der Waals surface area contributed by atoms with Crippen LogP contribution in [-0.4, -0.2) is 4.57 Å². The normalized spacial score (nSPS) is 12.2. The van der Waals surface area contributed by atoms with Crippen LogP contribution in [0.3, 0.4) is 0 Å². The monoisotopic (exact) mass is 783 g/mol. The number of hydrogen-bond acceptors (Lipinski definition) is 0.